The van der Waals surface area contributed by atoms with Crippen LogP contribution in [0.1, 0.15) is 42.5 Å². The molecule has 1 fully saturated rings. The second kappa shape index (κ2) is 9.55. The van der Waals surface area contributed by atoms with Gasteiger partial charge >= 0.3 is 0 Å². The molecule has 1 aliphatic rings. The Morgan fingerprint density at radius 1 is 1.03 bits per heavy atom. The molecule has 172 valence electrons. The first-order valence-corrected chi connectivity index (χ1v) is 11.7. The quantitative estimate of drug-likeness (QED) is 0.471. The van der Waals surface area contributed by atoms with E-state index in [0.29, 0.717) is 12.5 Å². The summed E-state index contributed by atoms with van der Waals surface area (Å²) in [4.78, 5) is 31.4. The molecule has 7 nitrogen and oxygen atoms in total. The van der Waals surface area contributed by atoms with Crippen molar-refractivity contribution in [2.45, 2.75) is 39.2 Å². The molecule has 1 aliphatic heterocycles. The predicted molar refractivity (Wildman–Crippen MR) is 133 cm³/mol. The Balaban J connectivity index is 1.27. The zero-order valence-corrected chi connectivity index (χ0v) is 19.5. The summed E-state index contributed by atoms with van der Waals surface area (Å²) in [7, 11) is 0. The molecule has 0 spiro atoms. The van der Waals surface area contributed by atoms with Crippen LogP contribution in [0.25, 0.3) is 22.2 Å². The second-order valence-corrected chi connectivity index (χ2v) is 8.87. The van der Waals surface area contributed by atoms with Gasteiger partial charge in [-0.05, 0) is 67.1 Å². The molecule has 1 amide bonds. The molecule has 7 heteroatoms. The average molecular weight is 453 g/mol. The minimum atomic E-state index is 0.165. The number of rotatable bonds is 5. The molecule has 4 aromatic rings. The van der Waals surface area contributed by atoms with Gasteiger partial charge in [-0.1, -0.05) is 12.1 Å². The van der Waals surface area contributed by atoms with Crippen LogP contribution in [0.4, 0.5) is 5.82 Å². The first kappa shape index (κ1) is 21.9. The van der Waals surface area contributed by atoms with Crippen molar-refractivity contribution in [1.82, 2.24) is 24.8 Å². The Morgan fingerprint density at radius 2 is 1.88 bits per heavy atom. The van der Waals surface area contributed by atoms with Crippen LogP contribution < -0.4 is 5.32 Å². The minimum absolute atomic E-state index is 0.165. The van der Waals surface area contributed by atoms with Crippen LogP contribution in [0.3, 0.4) is 0 Å². The topological polar surface area (TPSA) is 83.9 Å². The molecule has 0 bridgehead atoms. The van der Waals surface area contributed by atoms with Gasteiger partial charge < -0.3 is 10.2 Å². The number of hydrogen-bond acceptors (Lipinski definition) is 6. The van der Waals surface area contributed by atoms with Gasteiger partial charge in [-0.3, -0.25) is 14.8 Å². The molecule has 0 atom stereocenters. The van der Waals surface area contributed by atoms with E-state index in [1.165, 1.54) is 5.56 Å². The molecular formula is C27H28N6O. The highest BCUT2D eigenvalue weighted by molar-refractivity contribution is 5.89. The first-order valence-electron chi connectivity index (χ1n) is 11.7. The summed E-state index contributed by atoms with van der Waals surface area (Å²) in [6.07, 6.45) is 7.29. The van der Waals surface area contributed by atoms with Crippen LogP contribution in [-0.4, -0.2) is 43.8 Å². The Bertz CT molecular complexity index is 1310. The lowest BCUT2D eigenvalue weighted by Gasteiger charge is -2.31. The van der Waals surface area contributed by atoms with Crippen LogP contribution in [0.15, 0.2) is 61.2 Å². The van der Waals surface area contributed by atoms with Gasteiger partial charge in [0.15, 0.2) is 0 Å². The lowest BCUT2D eigenvalue weighted by molar-refractivity contribution is -0.129. The van der Waals surface area contributed by atoms with Crippen molar-refractivity contribution >= 4 is 22.6 Å². The van der Waals surface area contributed by atoms with Gasteiger partial charge in [0.1, 0.15) is 12.1 Å². The normalized spacial score (nSPS) is 14.4. The molecular weight excluding hydrogens is 424 g/mol. The van der Waals surface area contributed by atoms with Gasteiger partial charge in [-0.15, -0.1) is 0 Å². The highest BCUT2D eigenvalue weighted by Crippen LogP contribution is 2.31. The third-order valence-corrected chi connectivity index (χ3v) is 6.55. The predicted octanol–water partition coefficient (Wildman–Crippen LogP) is 4.73. The number of likely N-dealkylation sites (tertiary alicyclic amines) is 1. The standard InChI is InChI=1S/C27H28N6O/c1-18-13-23(7-10-28-18)25-6-3-20(15-29-25)16-30-27-24-5-4-22(14-26(24)31-17-32-27)21-8-11-33(12-9-21)19(2)34/h3-7,10,13-15,17,21H,8-9,11-12,16H2,1-2H3,(H,30,31,32). The number of piperidine rings is 1. The monoisotopic (exact) mass is 452 g/mol. The lowest BCUT2D eigenvalue weighted by atomic mass is 9.89. The smallest absolute Gasteiger partial charge is 0.219 e. The van der Waals surface area contributed by atoms with E-state index in [0.717, 1.165) is 65.2 Å². The number of hydrogen-bond donors (Lipinski definition) is 1. The van der Waals surface area contributed by atoms with E-state index in [2.05, 4.69) is 49.5 Å². The fraction of sp³-hybridized carbons (Fsp3) is 0.296. The van der Waals surface area contributed by atoms with Crippen LogP contribution in [-0.2, 0) is 11.3 Å². The molecule has 0 unspecified atom stereocenters. The van der Waals surface area contributed by atoms with E-state index in [1.54, 1.807) is 13.3 Å². The molecule has 3 aromatic heterocycles. The Labute approximate surface area is 199 Å². The fourth-order valence-corrected chi connectivity index (χ4v) is 4.59. The molecule has 34 heavy (non-hydrogen) atoms. The number of fused-ring (bicyclic) bond motifs is 1. The molecule has 1 aromatic carbocycles. The summed E-state index contributed by atoms with van der Waals surface area (Å²) in [5.74, 6) is 1.44. The summed E-state index contributed by atoms with van der Waals surface area (Å²) in [5, 5.41) is 4.45. The first-order chi connectivity index (χ1) is 16.6. The maximum atomic E-state index is 11.6. The Hall–Kier alpha value is -3.87. The van der Waals surface area contributed by atoms with E-state index in [9.17, 15) is 4.79 Å². The molecule has 4 heterocycles. The number of aromatic nitrogens is 4. The van der Waals surface area contributed by atoms with E-state index in [4.69, 9.17) is 0 Å². The highest BCUT2D eigenvalue weighted by Gasteiger charge is 2.22. The molecule has 1 saturated heterocycles. The maximum Gasteiger partial charge on any atom is 0.219 e. The van der Waals surface area contributed by atoms with Crippen molar-refractivity contribution in [3.63, 3.8) is 0 Å². The molecule has 1 N–H and O–H groups in total. The van der Waals surface area contributed by atoms with Crippen molar-refractivity contribution in [2.24, 2.45) is 0 Å². The molecule has 5 rings (SSSR count). The largest absolute Gasteiger partial charge is 0.365 e. The number of anilines is 1. The number of benzene rings is 1. The van der Waals surface area contributed by atoms with Crippen molar-refractivity contribution in [3.05, 3.63) is 78.0 Å². The number of pyridine rings is 2. The zero-order valence-electron chi connectivity index (χ0n) is 19.5. The van der Waals surface area contributed by atoms with Crippen LogP contribution in [0.2, 0.25) is 0 Å². The summed E-state index contributed by atoms with van der Waals surface area (Å²) in [6.45, 7) is 5.90. The van der Waals surface area contributed by atoms with Gasteiger partial charge in [0.2, 0.25) is 5.91 Å². The van der Waals surface area contributed by atoms with Gasteiger partial charge in [0, 0.05) is 55.6 Å². The SMILES string of the molecule is CC(=O)N1CCC(c2ccc3c(NCc4ccc(-c5ccnc(C)c5)nc4)ncnc3c2)CC1. The van der Waals surface area contributed by atoms with Crippen LogP contribution in [0, 0.1) is 6.92 Å². The van der Waals surface area contributed by atoms with E-state index in [-0.39, 0.29) is 5.91 Å². The molecule has 0 aliphatic carbocycles. The van der Waals surface area contributed by atoms with Crippen molar-refractivity contribution in [1.29, 1.82) is 0 Å². The van der Waals surface area contributed by atoms with E-state index < -0.39 is 0 Å². The van der Waals surface area contributed by atoms with E-state index >= 15 is 0 Å². The summed E-state index contributed by atoms with van der Waals surface area (Å²) >= 11 is 0. The number of nitrogens with one attached hydrogen (secondary N) is 1. The number of carbonyl (C=O) groups excluding carboxylic acids is 1. The summed E-state index contributed by atoms with van der Waals surface area (Å²) in [5.41, 5.74) is 6.28. The Morgan fingerprint density at radius 3 is 2.62 bits per heavy atom. The maximum absolute atomic E-state index is 11.6. The summed E-state index contributed by atoms with van der Waals surface area (Å²) in [6, 6.07) is 14.6. The van der Waals surface area contributed by atoms with Crippen molar-refractivity contribution < 1.29 is 4.79 Å². The number of carbonyl (C=O) groups is 1. The van der Waals surface area contributed by atoms with Crippen LogP contribution in [0.5, 0.6) is 0 Å². The zero-order chi connectivity index (χ0) is 23.5. The number of nitrogens with zero attached hydrogens (tertiary/aromatic N) is 5. The van der Waals surface area contributed by atoms with E-state index in [1.807, 2.05) is 42.4 Å². The minimum Gasteiger partial charge on any atom is -0.365 e. The van der Waals surface area contributed by atoms with Gasteiger partial charge in [-0.25, -0.2) is 9.97 Å². The third kappa shape index (κ3) is 4.73. The van der Waals surface area contributed by atoms with Gasteiger partial charge in [0.05, 0.1) is 11.2 Å². The lowest BCUT2D eigenvalue weighted by Crippen LogP contribution is -2.36. The van der Waals surface area contributed by atoms with Crippen LogP contribution >= 0.6 is 0 Å². The van der Waals surface area contributed by atoms with Crippen molar-refractivity contribution in [2.75, 3.05) is 18.4 Å². The second-order valence-electron chi connectivity index (χ2n) is 8.87. The fourth-order valence-electron chi connectivity index (χ4n) is 4.59. The van der Waals surface area contributed by atoms with Crippen molar-refractivity contribution in [3.8, 4) is 11.3 Å². The number of aryl methyl sites for hydroxylation is 1. The Kier molecular flexibility index (Phi) is 6.16. The highest BCUT2D eigenvalue weighted by atomic mass is 16.2. The van der Waals surface area contributed by atoms with Gasteiger partial charge in [0.25, 0.3) is 0 Å². The molecule has 0 saturated carbocycles. The third-order valence-electron chi connectivity index (χ3n) is 6.55. The summed E-state index contributed by atoms with van der Waals surface area (Å²) < 4.78 is 0. The number of amides is 1. The molecule has 0 radical (unpaired) electrons. The van der Waals surface area contributed by atoms with Gasteiger partial charge in [-0.2, -0.15) is 0 Å². The average Bonchev–Trinajstić information content (AvgIpc) is 2.87.